The van der Waals surface area contributed by atoms with E-state index in [0.717, 1.165) is 36.5 Å². The van der Waals surface area contributed by atoms with Gasteiger partial charge in [-0.2, -0.15) is 0 Å². The molecular formula is C20H32N6. The second-order valence-corrected chi connectivity index (χ2v) is 8.24. The van der Waals surface area contributed by atoms with E-state index in [1.54, 1.807) is 0 Å². The van der Waals surface area contributed by atoms with Crippen molar-refractivity contribution in [1.82, 2.24) is 29.2 Å². The fourth-order valence-corrected chi connectivity index (χ4v) is 4.76. The Morgan fingerprint density at radius 1 is 1.08 bits per heavy atom. The monoisotopic (exact) mass is 356 g/mol. The summed E-state index contributed by atoms with van der Waals surface area (Å²) in [4.78, 5) is 7.00. The maximum atomic E-state index is 4.58. The van der Waals surface area contributed by atoms with Gasteiger partial charge >= 0.3 is 0 Å². The minimum absolute atomic E-state index is 0.516. The summed E-state index contributed by atoms with van der Waals surface area (Å²) in [5.74, 6) is 4.63. The molecule has 0 amide bonds. The average molecular weight is 357 g/mol. The summed E-state index contributed by atoms with van der Waals surface area (Å²) in [5.41, 5.74) is 0. The van der Waals surface area contributed by atoms with E-state index in [0.29, 0.717) is 5.92 Å². The van der Waals surface area contributed by atoms with Gasteiger partial charge in [-0.15, -0.1) is 10.2 Å². The van der Waals surface area contributed by atoms with Crippen molar-refractivity contribution in [2.24, 2.45) is 13.0 Å². The van der Waals surface area contributed by atoms with Crippen LogP contribution in [-0.2, 0) is 13.6 Å². The van der Waals surface area contributed by atoms with E-state index in [1.807, 2.05) is 19.3 Å². The molecule has 1 atom stereocenters. The van der Waals surface area contributed by atoms with E-state index in [4.69, 9.17) is 0 Å². The van der Waals surface area contributed by atoms with Gasteiger partial charge in [0.25, 0.3) is 0 Å². The Morgan fingerprint density at radius 2 is 1.92 bits per heavy atom. The minimum atomic E-state index is 0.516. The summed E-state index contributed by atoms with van der Waals surface area (Å²) in [7, 11) is 2.12. The van der Waals surface area contributed by atoms with Crippen LogP contribution < -0.4 is 0 Å². The lowest BCUT2D eigenvalue weighted by molar-refractivity contribution is 0.157. The van der Waals surface area contributed by atoms with E-state index in [-0.39, 0.29) is 0 Å². The van der Waals surface area contributed by atoms with Crippen molar-refractivity contribution in [3.05, 3.63) is 29.9 Å². The van der Waals surface area contributed by atoms with Gasteiger partial charge < -0.3 is 14.0 Å². The van der Waals surface area contributed by atoms with Crippen LogP contribution in [0.25, 0.3) is 0 Å². The van der Waals surface area contributed by atoms with Gasteiger partial charge in [0.15, 0.2) is 5.82 Å². The highest BCUT2D eigenvalue weighted by Crippen LogP contribution is 2.29. The summed E-state index contributed by atoms with van der Waals surface area (Å²) >= 11 is 0. The zero-order chi connectivity index (χ0) is 17.9. The molecule has 6 nitrogen and oxygen atoms in total. The molecule has 0 bridgehead atoms. The molecule has 1 saturated heterocycles. The van der Waals surface area contributed by atoms with Crippen LogP contribution in [0.15, 0.2) is 12.4 Å². The Labute approximate surface area is 156 Å². The molecule has 26 heavy (non-hydrogen) atoms. The molecule has 0 spiro atoms. The third-order valence-electron chi connectivity index (χ3n) is 6.35. The van der Waals surface area contributed by atoms with Gasteiger partial charge in [0.2, 0.25) is 0 Å². The van der Waals surface area contributed by atoms with Gasteiger partial charge in [-0.3, -0.25) is 0 Å². The summed E-state index contributed by atoms with van der Waals surface area (Å²) < 4.78 is 4.35. The predicted molar refractivity (Wildman–Crippen MR) is 102 cm³/mol. The summed E-state index contributed by atoms with van der Waals surface area (Å²) in [6.45, 7) is 6.46. The lowest BCUT2D eigenvalue weighted by atomic mass is 9.88. The first-order valence-corrected chi connectivity index (χ1v) is 10.3. The van der Waals surface area contributed by atoms with Crippen LogP contribution in [0.4, 0.5) is 0 Å². The number of aryl methyl sites for hydroxylation is 1. The van der Waals surface area contributed by atoms with E-state index in [9.17, 15) is 0 Å². The van der Waals surface area contributed by atoms with Gasteiger partial charge in [-0.05, 0) is 45.1 Å². The fraction of sp³-hybridized carbons (Fsp3) is 0.750. The molecule has 0 aromatic carbocycles. The number of piperidine rings is 1. The molecule has 0 radical (unpaired) electrons. The van der Waals surface area contributed by atoms with Crippen molar-refractivity contribution < 1.29 is 0 Å². The molecule has 4 rings (SSSR count). The van der Waals surface area contributed by atoms with Gasteiger partial charge in [-0.25, -0.2) is 4.98 Å². The van der Waals surface area contributed by atoms with E-state index < -0.39 is 0 Å². The minimum Gasteiger partial charge on any atom is -0.328 e. The largest absolute Gasteiger partial charge is 0.328 e. The molecule has 1 saturated carbocycles. The molecule has 0 N–H and O–H groups in total. The maximum absolute atomic E-state index is 4.58. The number of imidazole rings is 1. The van der Waals surface area contributed by atoms with Crippen LogP contribution in [0.1, 0.15) is 68.3 Å². The highest BCUT2D eigenvalue weighted by molar-refractivity contribution is 5.05. The zero-order valence-electron chi connectivity index (χ0n) is 16.3. The maximum Gasteiger partial charge on any atom is 0.152 e. The number of likely N-dealkylation sites (tertiary alicyclic amines) is 1. The third kappa shape index (κ3) is 3.85. The van der Waals surface area contributed by atoms with Crippen LogP contribution in [-0.4, -0.2) is 48.8 Å². The molecule has 6 heteroatoms. The average Bonchev–Trinajstić information content (AvgIpc) is 3.23. The molecule has 2 aliphatic rings. The number of rotatable bonds is 5. The molecule has 1 aliphatic carbocycles. The summed E-state index contributed by atoms with van der Waals surface area (Å²) in [6.07, 6.45) is 13.5. The van der Waals surface area contributed by atoms with E-state index in [1.165, 1.54) is 58.0 Å². The van der Waals surface area contributed by atoms with Crippen molar-refractivity contribution in [1.29, 1.82) is 0 Å². The normalized spacial score (nSPS) is 22.8. The molecule has 2 fully saturated rings. The Balaban J connectivity index is 1.41. The molecule has 1 aliphatic heterocycles. The third-order valence-corrected chi connectivity index (χ3v) is 6.35. The van der Waals surface area contributed by atoms with Gasteiger partial charge in [-0.1, -0.05) is 19.3 Å². The van der Waals surface area contributed by atoms with Gasteiger partial charge in [0, 0.05) is 38.4 Å². The summed E-state index contributed by atoms with van der Waals surface area (Å²) in [6, 6.07) is 0. The van der Waals surface area contributed by atoms with Crippen molar-refractivity contribution in [2.75, 3.05) is 19.6 Å². The molecular weight excluding hydrogens is 324 g/mol. The number of hydrogen-bond donors (Lipinski definition) is 0. The van der Waals surface area contributed by atoms with Gasteiger partial charge in [0.05, 0.1) is 6.54 Å². The highest BCUT2D eigenvalue weighted by Gasteiger charge is 2.27. The Hall–Kier alpha value is -1.69. The van der Waals surface area contributed by atoms with Crippen LogP contribution in [0.2, 0.25) is 0 Å². The SMILES string of the molecule is Cc1nccn1Cc1nnc(C2CCCN(CC3CCCCC3)C2)n1C. The summed E-state index contributed by atoms with van der Waals surface area (Å²) in [5, 5.41) is 9.08. The molecule has 2 aromatic rings. The Morgan fingerprint density at radius 3 is 2.69 bits per heavy atom. The van der Waals surface area contributed by atoms with E-state index >= 15 is 0 Å². The molecule has 142 valence electrons. The van der Waals surface area contributed by atoms with Crippen LogP contribution >= 0.6 is 0 Å². The second kappa shape index (κ2) is 7.91. The van der Waals surface area contributed by atoms with Gasteiger partial charge in [0.1, 0.15) is 11.6 Å². The standard InChI is InChI=1S/C20H32N6/c1-16-21-10-12-26(16)15-19-22-23-20(24(19)2)18-9-6-11-25(14-18)13-17-7-4-3-5-8-17/h10,12,17-18H,3-9,11,13-15H2,1-2H3. The van der Waals surface area contributed by atoms with Crippen LogP contribution in [0.5, 0.6) is 0 Å². The van der Waals surface area contributed by atoms with Crippen molar-refractivity contribution in [3.8, 4) is 0 Å². The second-order valence-electron chi connectivity index (χ2n) is 8.24. The van der Waals surface area contributed by atoms with Crippen molar-refractivity contribution in [2.45, 2.75) is 64.3 Å². The first-order valence-electron chi connectivity index (χ1n) is 10.3. The van der Waals surface area contributed by atoms with Crippen LogP contribution in [0, 0.1) is 12.8 Å². The Bertz CT molecular complexity index is 712. The number of aromatic nitrogens is 5. The number of hydrogen-bond acceptors (Lipinski definition) is 4. The molecule has 2 aromatic heterocycles. The first-order chi connectivity index (χ1) is 12.7. The smallest absolute Gasteiger partial charge is 0.152 e. The molecule has 3 heterocycles. The number of nitrogens with zero attached hydrogens (tertiary/aromatic N) is 6. The van der Waals surface area contributed by atoms with E-state index in [2.05, 4.69) is 36.3 Å². The molecule has 1 unspecified atom stereocenters. The zero-order valence-corrected chi connectivity index (χ0v) is 16.3. The topological polar surface area (TPSA) is 51.8 Å². The first kappa shape index (κ1) is 17.7. The predicted octanol–water partition coefficient (Wildman–Crippen LogP) is 3.13. The highest BCUT2D eigenvalue weighted by atomic mass is 15.3. The quantitative estimate of drug-likeness (QED) is 0.826. The van der Waals surface area contributed by atoms with Crippen LogP contribution in [0.3, 0.4) is 0 Å². The lowest BCUT2D eigenvalue weighted by Crippen LogP contribution is -2.38. The van der Waals surface area contributed by atoms with Crippen molar-refractivity contribution in [3.63, 3.8) is 0 Å². The van der Waals surface area contributed by atoms with Crippen molar-refractivity contribution >= 4 is 0 Å². The Kier molecular flexibility index (Phi) is 5.38. The fourth-order valence-electron chi connectivity index (χ4n) is 4.76. The lowest BCUT2D eigenvalue weighted by Gasteiger charge is -2.35.